The summed E-state index contributed by atoms with van der Waals surface area (Å²) in [5.41, 5.74) is 0.409. The minimum absolute atomic E-state index is 0.168. The van der Waals surface area contributed by atoms with Crippen molar-refractivity contribution in [2.75, 3.05) is 18.4 Å². The van der Waals surface area contributed by atoms with E-state index in [1.807, 2.05) is 51.1 Å². The maximum absolute atomic E-state index is 12.6. The van der Waals surface area contributed by atoms with Crippen molar-refractivity contribution < 1.29 is 19.2 Å². The van der Waals surface area contributed by atoms with Crippen molar-refractivity contribution in [1.29, 1.82) is 0 Å². The predicted molar refractivity (Wildman–Crippen MR) is 128 cm³/mol. The van der Waals surface area contributed by atoms with Crippen molar-refractivity contribution in [2.24, 2.45) is 0 Å². The first kappa shape index (κ1) is 24.6. The molecule has 0 saturated carbocycles. The average molecular weight is 476 g/mol. The van der Waals surface area contributed by atoms with Crippen LogP contribution in [-0.2, 0) is 11.3 Å². The first-order valence-electron chi connectivity index (χ1n) is 11.0. The second kappa shape index (κ2) is 10.7. The number of nitro benzene ring substituents is 1. The molecule has 1 atom stereocenters. The Bertz CT molecular complexity index is 978. The van der Waals surface area contributed by atoms with Crippen LogP contribution in [0.25, 0.3) is 0 Å². The van der Waals surface area contributed by atoms with Gasteiger partial charge in [-0.2, -0.15) is 0 Å². The summed E-state index contributed by atoms with van der Waals surface area (Å²) in [5.74, 6) is 0.317. The third kappa shape index (κ3) is 7.25. The Kier molecular flexibility index (Phi) is 8.02. The highest BCUT2D eigenvalue weighted by molar-refractivity contribution is 6.34. The molecule has 2 aromatic rings. The second-order valence-corrected chi connectivity index (χ2v) is 9.50. The van der Waals surface area contributed by atoms with Crippen molar-refractivity contribution in [3.05, 3.63) is 63.2 Å². The van der Waals surface area contributed by atoms with Gasteiger partial charge >= 0.3 is 6.09 Å². The van der Waals surface area contributed by atoms with Crippen LogP contribution in [0.1, 0.15) is 45.6 Å². The van der Waals surface area contributed by atoms with E-state index in [4.69, 9.17) is 21.1 Å². The van der Waals surface area contributed by atoms with Crippen LogP contribution in [0.15, 0.2) is 42.5 Å². The summed E-state index contributed by atoms with van der Waals surface area (Å²) >= 11 is 6.45. The molecule has 1 aliphatic rings. The number of carbonyl (C=O) groups excluding carboxylic acids is 1. The number of likely N-dealkylation sites (tertiary alicyclic amines) is 1. The number of rotatable bonds is 6. The van der Waals surface area contributed by atoms with Gasteiger partial charge in [-0.3, -0.25) is 10.1 Å². The second-order valence-electron chi connectivity index (χ2n) is 9.09. The van der Waals surface area contributed by atoms with E-state index in [9.17, 15) is 14.9 Å². The minimum atomic E-state index is -0.593. The third-order valence-electron chi connectivity index (χ3n) is 5.16. The van der Waals surface area contributed by atoms with Crippen molar-refractivity contribution in [3.8, 4) is 5.75 Å². The van der Waals surface area contributed by atoms with E-state index in [1.54, 1.807) is 11.0 Å². The Morgan fingerprint density at radius 1 is 1.24 bits per heavy atom. The molecule has 3 rings (SSSR count). The number of nitro groups is 1. The topological polar surface area (TPSA) is 93.9 Å². The third-order valence-corrected chi connectivity index (χ3v) is 5.46. The lowest BCUT2D eigenvalue weighted by Gasteiger charge is -2.29. The van der Waals surface area contributed by atoms with Crippen LogP contribution in [0.2, 0.25) is 5.02 Å². The number of carbonyl (C=O) groups is 1. The van der Waals surface area contributed by atoms with Crippen molar-refractivity contribution in [3.63, 3.8) is 0 Å². The number of nitrogens with zero attached hydrogens (tertiary/aromatic N) is 2. The van der Waals surface area contributed by atoms with E-state index in [0.717, 1.165) is 24.8 Å². The predicted octanol–water partition coefficient (Wildman–Crippen LogP) is 6.03. The molecule has 8 nitrogen and oxygen atoms in total. The molecule has 1 unspecified atom stereocenters. The van der Waals surface area contributed by atoms with Gasteiger partial charge in [0.1, 0.15) is 23.6 Å². The zero-order valence-electron chi connectivity index (χ0n) is 19.2. The van der Waals surface area contributed by atoms with Crippen LogP contribution in [-0.4, -0.2) is 40.6 Å². The van der Waals surface area contributed by atoms with Gasteiger partial charge in [0.2, 0.25) is 0 Å². The number of amides is 1. The van der Waals surface area contributed by atoms with Crippen molar-refractivity contribution >= 4 is 29.1 Å². The zero-order chi connectivity index (χ0) is 24.0. The summed E-state index contributed by atoms with van der Waals surface area (Å²) < 4.78 is 11.2. The molecule has 1 amide bonds. The Labute approximate surface area is 199 Å². The van der Waals surface area contributed by atoms with Crippen LogP contribution in [0.3, 0.4) is 0 Å². The molecule has 1 N–H and O–H groups in total. The van der Waals surface area contributed by atoms with E-state index in [2.05, 4.69) is 5.32 Å². The van der Waals surface area contributed by atoms with E-state index >= 15 is 0 Å². The minimum Gasteiger partial charge on any atom is -0.489 e. The highest BCUT2D eigenvalue weighted by Crippen LogP contribution is 2.38. The summed E-state index contributed by atoms with van der Waals surface area (Å²) in [5, 5.41) is 15.2. The molecule has 0 spiro atoms. The van der Waals surface area contributed by atoms with Crippen LogP contribution < -0.4 is 10.1 Å². The van der Waals surface area contributed by atoms with Gasteiger partial charge in [-0.05, 0) is 45.6 Å². The molecule has 1 saturated heterocycles. The Hall–Kier alpha value is -3.00. The lowest BCUT2D eigenvalue weighted by molar-refractivity contribution is -0.384. The maximum atomic E-state index is 12.6. The van der Waals surface area contributed by atoms with Gasteiger partial charge in [0.05, 0.1) is 16.0 Å². The molecule has 9 heteroatoms. The molecule has 1 heterocycles. The normalized spacial score (nSPS) is 16.6. The van der Waals surface area contributed by atoms with Gasteiger partial charge in [0, 0.05) is 25.2 Å². The largest absolute Gasteiger partial charge is 0.489 e. The van der Waals surface area contributed by atoms with E-state index in [-0.39, 0.29) is 35.1 Å². The smallest absolute Gasteiger partial charge is 0.410 e. The number of halogens is 1. The molecular weight excluding hydrogens is 446 g/mol. The van der Waals surface area contributed by atoms with Crippen molar-refractivity contribution in [2.45, 2.75) is 58.3 Å². The van der Waals surface area contributed by atoms with Crippen LogP contribution in [0.4, 0.5) is 16.2 Å². The first-order valence-corrected chi connectivity index (χ1v) is 11.4. The Balaban J connectivity index is 1.75. The van der Waals surface area contributed by atoms with Crippen LogP contribution in [0.5, 0.6) is 5.75 Å². The molecule has 0 radical (unpaired) electrons. The number of ether oxygens (including phenoxy) is 2. The summed E-state index contributed by atoms with van der Waals surface area (Å²) in [6.07, 6.45) is 2.07. The quantitative estimate of drug-likeness (QED) is 0.405. The molecule has 1 fully saturated rings. The Morgan fingerprint density at radius 2 is 1.97 bits per heavy atom. The fourth-order valence-corrected chi connectivity index (χ4v) is 3.89. The lowest BCUT2D eigenvalue weighted by Crippen LogP contribution is -2.42. The van der Waals surface area contributed by atoms with Crippen LogP contribution in [0, 0.1) is 10.1 Å². The SMILES string of the molecule is CC(C)(C)OC(=O)N1CCCCC(Nc2c(Cl)cc(OCc3ccccc3)cc2[N+](=O)[O-])C1. The lowest BCUT2D eigenvalue weighted by atomic mass is 10.1. The molecule has 33 heavy (non-hydrogen) atoms. The van der Waals surface area contributed by atoms with E-state index in [1.165, 1.54) is 6.07 Å². The van der Waals surface area contributed by atoms with Gasteiger partial charge in [0.25, 0.3) is 5.69 Å². The standard InChI is InChI=1S/C24H30ClN3O5/c1-24(2,3)33-23(29)27-12-8-7-11-18(15-27)26-22-20(25)13-19(14-21(22)28(30)31)32-16-17-9-5-4-6-10-17/h4-6,9-10,13-14,18,26H,7-8,11-12,15-16H2,1-3H3. The molecule has 1 aliphatic heterocycles. The van der Waals surface area contributed by atoms with Gasteiger partial charge in [0.15, 0.2) is 0 Å². The number of hydrogen-bond donors (Lipinski definition) is 1. The molecule has 178 valence electrons. The fraction of sp³-hybridized carbons (Fsp3) is 0.458. The summed E-state index contributed by atoms with van der Waals surface area (Å²) in [7, 11) is 0. The fourth-order valence-electron chi connectivity index (χ4n) is 3.64. The molecule has 0 aliphatic carbocycles. The highest BCUT2D eigenvalue weighted by atomic mass is 35.5. The number of nitrogens with one attached hydrogen (secondary N) is 1. The Morgan fingerprint density at radius 3 is 2.64 bits per heavy atom. The number of anilines is 1. The summed E-state index contributed by atoms with van der Waals surface area (Å²) in [6, 6.07) is 12.3. The van der Waals surface area contributed by atoms with Crippen molar-refractivity contribution in [1.82, 2.24) is 4.90 Å². The zero-order valence-corrected chi connectivity index (χ0v) is 19.9. The average Bonchev–Trinajstić information content (AvgIpc) is 2.99. The van der Waals surface area contributed by atoms with Gasteiger partial charge in [-0.1, -0.05) is 41.9 Å². The van der Waals surface area contributed by atoms with Crippen LogP contribution >= 0.6 is 11.6 Å². The number of benzene rings is 2. The summed E-state index contributed by atoms with van der Waals surface area (Å²) in [4.78, 5) is 25.5. The molecule has 0 bridgehead atoms. The molecule has 2 aromatic carbocycles. The molecule has 0 aromatic heterocycles. The highest BCUT2D eigenvalue weighted by Gasteiger charge is 2.29. The summed E-state index contributed by atoms with van der Waals surface area (Å²) in [6.45, 7) is 6.69. The first-order chi connectivity index (χ1) is 15.6. The monoisotopic (exact) mass is 475 g/mol. The van der Waals surface area contributed by atoms with Gasteiger partial charge < -0.3 is 19.7 Å². The van der Waals surface area contributed by atoms with E-state index < -0.39 is 10.5 Å². The van der Waals surface area contributed by atoms with Gasteiger partial charge in [-0.15, -0.1) is 0 Å². The van der Waals surface area contributed by atoms with E-state index in [0.29, 0.717) is 18.8 Å². The van der Waals surface area contributed by atoms with Gasteiger partial charge in [-0.25, -0.2) is 4.79 Å². The maximum Gasteiger partial charge on any atom is 0.410 e. The molecular formula is C24H30ClN3O5. The number of hydrogen-bond acceptors (Lipinski definition) is 6.